The van der Waals surface area contributed by atoms with Gasteiger partial charge in [-0.15, -0.1) is 4.91 Å². The van der Waals surface area contributed by atoms with Crippen LogP contribution >= 0.6 is 22.6 Å². The Morgan fingerprint density at radius 1 is 1.25 bits per heavy atom. The van der Waals surface area contributed by atoms with Crippen LogP contribution in [0.4, 0.5) is 11.4 Å². The minimum atomic E-state index is 0.502. The molecule has 0 saturated carbocycles. The van der Waals surface area contributed by atoms with Crippen LogP contribution in [0.3, 0.4) is 0 Å². The number of piperazine rings is 1. The van der Waals surface area contributed by atoms with Gasteiger partial charge in [0.05, 0.1) is 5.69 Å². The molecular formula is C11H14IN3O. The van der Waals surface area contributed by atoms with Crippen LogP contribution in [0, 0.1) is 8.48 Å². The number of rotatable bonds is 2. The van der Waals surface area contributed by atoms with Crippen LogP contribution in [0.5, 0.6) is 0 Å². The molecule has 1 saturated heterocycles. The molecule has 0 atom stereocenters. The summed E-state index contributed by atoms with van der Waals surface area (Å²) in [5.74, 6) is 0. The maximum atomic E-state index is 10.4. The first-order chi connectivity index (χ1) is 7.70. The Bertz CT molecular complexity index is 389. The molecule has 1 aliphatic rings. The third-order valence-electron chi connectivity index (χ3n) is 2.88. The molecule has 0 aliphatic carbocycles. The Morgan fingerprint density at radius 3 is 2.50 bits per heavy atom. The molecule has 1 aromatic rings. The van der Waals surface area contributed by atoms with Crippen molar-refractivity contribution < 1.29 is 0 Å². The number of benzene rings is 1. The predicted molar refractivity (Wildman–Crippen MR) is 74.3 cm³/mol. The second kappa shape index (κ2) is 5.09. The molecular weight excluding hydrogens is 317 g/mol. The zero-order valence-electron chi connectivity index (χ0n) is 9.19. The highest BCUT2D eigenvalue weighted by Gasteiger charge is 2.16. The fourth-order valence-corrected chi connectivity index (χ4v) is 2.70. The largest absolute Gasteiger partial charge is 0.368 e. The van der Waals surface area contributed by atoms with Crippen molar-refractivity contribution in [3.63, 3.8) is 0 Å². The van der Waals surface area contributed by atoms with Gasteiger partial charge in [-0.1, -0.05) is 0 Å². The molecule has 86 valence electrons. The van der Waals surface area contributed by atoms with Crippen LogP contribution in [-0.2, 0) is 0 Å². The van der Waals surface area contributed by atoms with Gasteiger partial charge in [-0.3, -0.25) is 0 Å². The van der Waals surface area contributed by atoms with E-state index in [0.717, 1.165) is 29.7 Å². The van der Waals surface area contributed by atoms with Crippen LogP contribution in [0.15, 0.2) is 23.4 Å². The molecule has 0 N–H and O–H groups in total. The van der Waals surface area contributed by atoms with E-state index in [-0.39, 0.29) is 0 Å². The van der Waals surface area contributed by atoms with Crippen LogP contribution in [0.2, 0.25) is 0 Å². The minimum Gasteiger partial charge on any atom is -0.368 e. The van der Waals surface area contributed by atoms with Crippen molar-refractivity contribution >= 4 is 34.0 Å². The molecule has 0 spiro atoms. The van der Waals surface area contributed by atoms with Crippen molar-refractivity contribution in [2.45, 2.75) is 0 Å². The Morgan fingerprint density at radius 2 is 1.94 bits per heavy atom. The second-order valence-electron chi connectivity index (χ2n) is 4.02. The summed E-state index contributed by atoms with van der Waals surface area (Å²) in [5.41, 5.74) is 1.71. The van der Waals surface area contributed by atoms with E-state index in [1.165, 1.54) is 5.69 Å². The normalized spacial score (nSPS) is 17.5. The summed E-state index contributed by atoms with van der Waals surface area (Å²) in [5, 5.41) is 2.95. The van der Waals surface area contributed by atoms with Gasteiger partial charge in [-0.25, -0.2) is 0 Å². The number of hydrogen-bond acceptors (Lipinski definition) is 4. The van der Waals surface area contributed by atoms with Gasteiger partial charge in [0.25, 0.3) is 0 Å². The van der Waals surface area contributed by atoms with E-state index in [4.69, 9.17) is 0 Å². The highest BCUT2D eigenvalue weighted by atomic mass is 127. The molecule has 0 radical (unpaired) electrons. The van der Waals surface area contributed by atoms with Gasteiger partial charge in [-0.05, 0) is 53.0 Å². The maximum absolute atomic E-state index is 10.4. The van der Waals surface area contributed by atoms with Crippen molar-refractivity contribution in [1.29, 1.82) is 0 Å². The zero-order valence-corrected chi connectivity index (χ0v) is 11.3. The molecule has 0 bridgehead atoms. The van der Waals surface area contributed by atoms with E-state index in [0.29, 0.717) is 5.69 Å². The van der Waals surface area contributed by atoms with Crippen LogP contribution in [0.1, 0.15) is 0 Å². The van der Waals surface area contributed by atoms with Crippen LogP contribution in [-0.4, -0.2) is 38.1 Å². The number of likely N-dealkylation sites (N-methyl/N-ethyl adjacent to an activating group) is 1. The van der Waals surface area contributed by atoms with E-state index < -0.39 is 0 Å². The monoisotopic (exact) mass is 331 g/mol. The number of halogens is 1. The Kier molecular flexibility index (Phi) is 3.75. The summed E-state index contributed by atoms with van der Waals surface area (Å²) in [6.07, 6.45) is 0. The zero-order chi connectivity index (χ0) is 11.5. The van der Waals surface area contributed by atoms with Crippen LogP contribution < -0.4 is 4.90 Å². The van der Waals surface area contributed by atoms with Gasteiger partial charge in [0.15, 0.2) is 0 Å². The molecule has 16 heavy (non-hydrogen) atoms. The van der Waals surface area contributed by atoms with Crippen molar-refractivity contribution in [1.82, 2.24) is 4.90 Å². The van der Waals surface area contributed by atoms with Gasteiger partial charge in [-0.2, -0.15) is 0 Å². The first-order valence-corrected chi connectivity index (χ1v) is 6.35. The maximum Gasteiger partial charge on any atom is 0.109 e. The quantitative estimate of drug-likeness (QED) is 0.617. The van der Waals surface area contributed by atoms with Gasteiger partial charge in [0.2, 0.25) is 0 Å². The lowest BCUT2D eigenvalue weighted by Gasteiger charge is -2.34. The Labute approximate surface area is 109 Å². The topological polar surface area (TPSA) is 35.9 Å². The van der Waals surface area contributed by atoms with Crippen molar-refractivity contribution in [2.75, 3.05) is 38.1 Å². The highest BCUT2D eigenvalue weighted by molar-refractivity contribution is 14.1. The molecule has 0 amide bonds. The number of hydrogen-bond donors (Lipinski definition) is 0. The standard InChI is InChI=1S/C11H14IN3O/c1-14-4-6-15(7-5-14)11-3-2-9(13-16)8-10(11)12/h2-3,8H,4-7H2,1H3. The molecule has 1 aromatic carbocycles. The molecule has 0 unspecified atom stereocenters. The lowest BCUT2D eigenvalue weighted by atomic mass is 10.2. The molecule has 2 rings (SSSR count). The fourth-order valence-electron chi connectivity index (χ4n) is 1.86. The van der Waals surface area contributed by atoms with E-state index in [1.54, 1.807) is 6.07 Å². The van der Waals surface area contributed by atoms with Crippen molar-refractivity contribution in [3.8, 4) is 0 Å². The fraction of sp³-hybridized carbons (Fsp3) is 0.455. The first kappa shape index (κ1) is 11.8. The smallest absolute Gasteiger partial charge is 0.109 e. The molecule has 0 aromatic heterocycles. The molecule has 1 heterocycles. The van der Waals surface area contributed by atoms with Gasteiger partial charge >= 0.3 is 0 Å². The summed E-state index contributed by atoms with van der Waals surface area (Å²) in [7, 11) is 2.14. The van der Waals surface area contributed by atoms with E-state index in [1.807, 2.05) is 12.1 Å². The summed E-state index contributed by atoms with van der Waals surface area (Å²) in [6.45, 7) is 4.26. The Hall–Kier alpha value is -0.690. The number of anilines is 1. The number of nitrogens with zero attached hydrogens (tertiary/aromatic N) is 3. The average Bonchev–Trinajstić information content (AvgIpc) is 2.30. The van der Waals surface area contributed by atoms with Gasteiger partial charge < -0.3 is 9.80 Å². The predicted octanol–water partition coefficient (Wildman–Crippen LogP) is 2.44. The molecule has 4 nitrogen and oxygen atoms in total. The second-order valence-corrected chi connectivity index (χ2v) is 5.18. The third-order valence-corrected chi connectivity index (χ3v) is 3.74. The highest BCUT2D eigenvalue weighted by Crippen LogP contribution is 2.27. The van der Waals surface area contributed by atoms with Gasteiger partial charge in [0, 0.05) is 29.7 Å². The number of nitroso groups, excluding NO2 is 1. The minimum absolute atomic E-state index is 0.502. The Balaban J connectivity index is 2.17. The van der Waals surface area contributed by atoms with E-state index >= 15 is 0 Å². The van der Waals surface area contributed by atoms with Crippen molar-refractivity contribution in [2.24, 2.45) is 5.18 Å². The summed E-state index contributed by atoms with van der Waals surface area (Å²) >= 11 is 2.26. The van der Waals surface area contributed by atoms with E-state index in [2.05, 4.69) is 44.6 Å². The summed E-state index contributed by atoms with van der Waals surface area (Å²) in [4.78, 5) is 15.1. The van der Waals surface area contributed by atoms with Crippen molar-refractivity contribution in [3.05, 3.63) is 26.7 Å². The van der Waals surface area contributed by atoms with E-state index in [9.17, 15) is 4.91 Å². The summed E-state index contributed by atoms with van der Waals surface area (Å²) < 4.78 is 1.10. The average molecular weight is 331 g/mol. The molecule has 1 fully saturated rings. The first-order valence-electron chi connectivity index (χ1n) is 5.27. The summed E-state index contributed by atoms with van der Waals surface area (Å²) in [6, 6.07) is 5.61. The van der Waals surface area contributed by atoms with Crippen LogP contribution in [0.25, 0.3) is 0 Å². The molecule has 5 heteroatoms. The third kappa shape index (κ3) is 2.52. The SMILES string of the molecule is CN1CCN(c2ccc(N=O)cc2I)CC1. The lowest BCUT2D eigenvalue weighted by Crippen LogP contribution is -2.44. The van der Waals surface area contributed by atoms with Gasteiger partial charge in [0.1, 0.15) is 5.69 Å². The molecule has 1 aliphatic heterocycles. The lowest BCUT2D eigenvalue weighted by molar-refractivity contribution is 0.312.